The molecule has 132 valence electrons. The first-order chi connectivity index (χ1) is 12.1. The van der Waals surface area contributed by atoms with E-state index in [0.717, 1.165) is 28.3 Å². The highest BCUT2D eigenvalue weighted by Crippen LogP contribution is 2.41. The van der Waals surface area contributed by atoms with Crippen LogP contribution in [0.3, 0.4) is 0 Å². The Morgan fingerprint density at radius 1 is 1.00 bits per heavy atom. The highest BCUT2D eigenvalue weighted by atomic mass is 127. The molecule has 1 aliphatic rings. The molecule has 4 nitrogen and oxygen atoms in total. The van der Waals surface area contributed by atoms with Crippen LogP contribution in [0.15, 0.2) is 65.9 Å². The Morgan fingerprint density at radius 3 is 2.46 bits per heavy atom. The van der Waals surface area contributed by atoms with Gasteiger partial charge in [-0.1, -0.05) is 11.6 Å². The predicted octanol–water partition coefficient (Wildman–Crippen LogP) is 1.45. The van der Waals surface area contributed by atoms with Crippen LogP contribution >= 0.6 is 11.6 Å². The van der Waals surface area contributed by atoms with Gasteiger partial charge in [0.05, 0.1) is 12.8 Å². The number of aromatic nitrogens is 1. The molecule has 3 aromatic rings. The zero-order chi connectivity index (χ0) is 17.4. The van der Waals surface area contributed by atoms with Gasteiger partial charge in [0, 0.05) is 28.3 Å². The van der Waals surface area contributed by atoms with E-state index in [-0.39, 0.29) is 24.0 Å². The topological polar surface area (TPSA) is 34.7 Å². The largest absolute Gasteiger partial charge is 1.00 e. The third-order valence-corrected chi connectivity index (χ3v) is 4.30. The van der Waals surface area contributed by atoms with Gasteiger partial charge in [0.25, 0.3) is 0 Å². The molecule has 0 radical (unpaired) electrons. The minimum atomic E-state index is 0. The summed E-state index contributed by atoms with van der Waals surface area (Å²) in [4.78, 5) is 4.86. The fourth-order valence-electron chi connectivity index (χ4n) is 2.75. The number of aryl methyl sites for hydroxylation is 1. The van der Waals surface area contributed by atoms with Gasteiger partial charge in [0.1, 0.15) is 24.2 Å². The number of nitrogens with zero attached hydrogens (tertiary/aromatic N) is 2. The summed E-state index contributed by atoms with van der Waals surface area (Å²) in [6.07, 6.45) is 3.98. The molecule has 0 saturated heterocycles. The summed E-state index contributed by atoms with van der Waals surface area (Å²) in [5.74, 6) is 2.15. The van der Waals surface area contributed by atoms with E-state index in [1.807, 2.05) is 66.5 Å². The molecule has 0 atom stereocenters. The van der Waals surface area contributed by atoms with Crippen LogP contribution in [-0.2, 0) is 7.05 Å². The molecular weight excluding hydrogens is 463 g/mol. The second-order valence-corrected chi connectivity index (χ2v) is 6.23. The Hall–Kier alpha value is -2.12. The van der Waals surface area contributed by atoms with Crippen LogP contribution in [0.5, 0.6) is 17.2 Å². The lowest BCUT2D eigenvalue weighted by Gasteiger charge is -2.11. The molecule has 2 aromatic carbocycles. The smallest absolute Gasteiger partial charge is 0.169 e. The standard InChI is InChI=1S/C20H16ClN2O2.HI/c1-23-9-7-13(8-10-23)20-16-12-15(24-2)4-6-18(16)25-19-5-3-14(21)11-17(19)22-20;/h3-12H,1-2H3;1H/q+1;/p-1. The van der Waals surface area contributed by atoms with Gasteiger partial charge < -0.3 is 33.5 Å². The highest BCUT2D eigenvalue weighted by Gasteiger charge is 2.21. The van der Waals surface area contributed by atoms with Gasteiger partial charge in [-0.2, -0.15) is 0 Å². The van der Waals surface area contributed by atoms with Crippen molar-refractivity contribution in [2.45, 2.75) is 0 Å². The first kappa shape index (κ1) is 18.7. The van der Waals surface area contributed by atoms with Gasteiger partial charge in [-0.25, -0.2) is 9.56 Å². The quantitative estimate of drug-likeness (QED) is 0.323. The molecular formula is C20H16ClIN2O2. The zero-order valence-corrected chi connectivity index (χ0v) is 17.2. The second-order valence-electron chi connectivity index (χ2n) is 5.79. The van der Waals surface area contributed by atoms with E-state index in [2.05, 4.69) is 0 Å². The molecule has 4 rings (SSSR count). The van der Waals surface area contributed by atoms with Crippen molar-refractivity contribution in [3.8, 4) is 17.2 Å². The van der Waals surface area contributed by atoms with Crippen molar-refractivity contribution < 1.29 is 38.0 Å². The molecule has 0 saturated carbocycles. The molecule has 0 aliphatic carbocycles. The molecule has 2 heterocycles. The third-order valence-electron chi connectivity index (χ3n) is 4.07. The molecule has 0 bridgehead atoms. The maximum Gasteiger partial charge on any atom is 0.169 e. The van der Waals surface area contributed by atoms with Crippen molar-refractivity contribution >= 4 is 23.0 Å². The summed E-state index contributed by atoms with van der Waals surface area (Å²) in [5.41, 5.74) is 3.38. The second kappa shape index (κ2) is 7.63. The fourth-order valence-corrected chi connectivity index (χ4v) is 2.92. The van der Waals surface area contributed by atoms with Crippen LogP contribution in [0.2, 0.25) is 5.02 Å². The Morgan fingerprint density at radius 2 is 1.73 bits per heavy atom. The Bertz CT molecular complexity index is 988. The number of methoxy groups -OCH3 is 1. The van der Waals surface area contributed by atoms with E-state index in [4.69, 9.17) is 26.1 Å². The Labute approximate surface area is 174 Å². The van der Waals surface area contributed by atoms with Gasteiger partial charge in [0.15, 0.2) is 18.1 Å². The van der Waals surface area contributed by atoms with Gasteiger partial charge in [-0.3, -0.25) is 0 Å². The lowest BCUT2D eigenvalue weighted by atomic mass is 10.0. The molecule has 0 fully saturated rings. The van der Waals surface area contributed by atoms with Gasteiger partial charge >= 0.3 is 0 Å². The van der Waals surface area contributed by atoms with Crippen molar-refractivity contribution in [1.29, 1.82) is 0 Å². The predicted molar refractivity (Wildman–Crippen MR) is 97.4 cm³/mol. The molecule has 0 N–H and O–H groups in total. The van der Waals surface area contributed by atoms with Gasteiger partial charge in [-0.05, 0) is 36.4 Å². The van der Waals surface area contributed by atoms with Crippen LogP contribution in [0, 0.1) is 0 Å². The minimum absolute atomic E-state index is 0. The van der Waals surface area contributed by atoms with Crippen molar-refractivity contribution in [1.82, 2.24) is 0 Å². The van der Waals surface area contributed by atoms with Crippen molar-refractivity contribution in [2.75, 3.05) is 7.11 Å². The summed E-state index contributed by atoms with van der Waals surface area (Å²) in [7, 11) is 3.63. The minimum Gasteiger partial charge on any atom is -1.00 e. The van der Waals surface area contributed by atoms with E-state index in [9.17, 15) is 0 Å². The van der Waals surface area contributed by atoms with Crippen LogP contribution in [0.25, 0.3) is 0 Å². The first-order valence-electron chi connectivity index (χ1n) is 7.84. The number of rotatable bonds is 2. The molecule has 0 spiro atoms. The number of pyridine rings is 1. The van der Waals surface area contributed by atoms with Crippen molar-refractivity contribution in [3.05, 3.63) is 77.1 Å². The summed E-state index contributed by atoms with van der Waals surface area (Å²) < 4.78 is 13.5. The van der Waals surface area contributed by atoms with Gasteiger partial charge in [0.2, 0.25) is 0 Å². The maximum absolute atomic E-state index is 6.16. The first-order valence-corrected chi connectivity index (χ1v) is 8.22. The molecule has 6 heteroatoms. The van der Waals surface area contributed by atoms with E-state index in [0.29, 0.717) is 16.5 Å². The number of hydrogen-bond donors (Lipinski definition) is 0. The van der Waals surface area contributed by atoms with Crippen LogP contribution in [0.1, 0.15) is 11.1 Å². The SMILES string of the molecule is COc1ccc2c(c1)C(c1cc[n+](C)cc1)=Nc1cc(Cl)ccc1O2.[I-]. The van der Waals surface area contributed by atoms with E-state index in [1.165, 1.54) is 0 Å². The molecule has 0 unspecified atom stereocenters. The number of ether oxygens (including phenoxy) is 2. The van der Waals surface area contributed by atoms with E-state index >= 15 is 0 Å². The number of aliphatic imine (C=N–C) groups is 1. The summed E-state index contributed by atoms with van der Waals surface area (Å²) in [6.45, 7) is 0. The van der Waals surface area contributed by atoms with Crippen molar-refractivity contribution in [3.63, 3.8) is 0 Å². The molecule has 1 aromatic heterocycles. The average molecular weight is 479 g/mol. The maximum atomic E-state index is 6.16. The summed E-state index contributed by atoms with van der Waals surface area (Å²) >= 11 is 6.16. The Kier molecular flexibility index (Phi) is 5.48. The number of benzene rings is 2. The van der Waals surface area contributed by atoms with Crippen LogP contribution in [0.4, 0.5) is 5.69 Å². The van der Waals surface area contributed by atoms with Gasteiger partial charge in [-0.15, -0.1) is 0 Å². The lowest BCUT2D eigenvalue weighted by molar-refractivity contribution is -0.671. The Balaban J connectivity index is 0.00000196. The number of fused-ring (bicyclic) bond motifs is 2. The number of halogens is 2. The van der Waals surface area contributed by atoms with Crippen molar-refractivity contribution in [2.24, 2.45) is 12.0 Å². The molecule has 0 amide bonds. The van der Waals surface area contributed by atoms with E-state index in [1.54, 1.807) is 13.2 Å². The van der Waals surface area contributed by atoms with Crippen LogP contribution in [-0.4, -0.2) is 12.8 Å². The fraction of sp³-hybridized carbons (Fsp3) is 0.100. The normalized spacial score (nSPS) is 11.9. The monoisotopic (exact) mass is 478 g/mol. The third kappa shape index (κ3) is 3.54. The summed E-state index contributed by atoms with van der Waals surface area (Å²) in [5, 5.41) is 0.619. The van der Waals surface area contributed by atoms with E-state index < -0.39 is 0 Å². The zero-order valence-electron chi connectivity index (χ0n) is 14.2. The van der Waals surface area contributed by atoms with Crippen LogP contribution < -0.4 is 38.0 Å². The summed E-state index contributed by atoms with van der Waals surface area (Å²) in [6, 6.07) is 15.2. The lowest BCUT2D eigenvalue weighted by Crippen LogP contribution is -3.00. The highest BCUT2D eigenvalue weighted by molar-refractivity contribution is 6.31. The molecule has 26 heavy (non-hydrogen) atoms. The average Bonchev–Trinajstić information content (AvgIpc) is 2.78. The molecule has 1 aliphatic heterocycles. The number of hydrogen-bond acceptors (Lipinski definition) is 3.